The minimum Gasteiger partial charge on any atom is -0.377 e. The van der Waals surface area contributed by atoms with Crippen LogP contribution in [0.25, 0.3) is 10.8 Å². The second-order valence-electron chi connectivity index (χ2n) is 4.60. The Balaban J connectivity index is 1.96. The molecule has 21 heavy (non-hydrogen) atoms. The molecule has 2 aromatic heterocycles. The maximum Gasteiger partial charge on any atom is 0.278 e. The average Bonchev–Trinajstić information content (AvgIpc) is 2.90. The van der Waals surface area contributed by atoms with Crippen molar-refractivity contribution in [3.63, 3.8) is 0 Å². The van der Waals surface area contributed by atoms with E-state index >= 15 is 0 Å². The van der Waals surface area contributed by atoms with Crippen LogP contribution in [0.3, 0.4) is 0 Å². The molecular formula is C14H12N4O3. The molecule has 7 heteroatoms. The van der Waals surface area contributed by atoms with E-state index in [-0.39, 0.29) is 5.69 Å². The van der Waals surface area contributed by atoms with E-state index in [0.717, 1.165) is 16.8 Å². The number of pyridine rings is 1. The molecule has 0 saturated carbocycles. The van der Waals surface area contributed by atoms with Gasteiger partial charge in [0.25, 0.3) is 5.69 Å². The lowest BCUT2D eigenvalue weighted by Gasteiger charge is -2.08. The van der Waals surface area contributed by atoms with Gasteiger partial charge in [0.15, 0.2) is 5.76 Å². The van der Waals surface area contributed by atoms with E-state index < -0.39 is 4.92 Å². The standard InChI is InChI=1S/C14H12N4O3/c1-9-6-10(21-17-9)7-16-13-2-3-14(18(19)20)12-8-15-5-4-11(12)13/h2-6,8,16H,7H2,1H3. The van der Waals surface area contributed by atoms with Gasteiger partial charge in [-0.15, -0.1) is 0 Å². The third kappa shape index (κ3) is 2.53. The first-order chi connectivity index (χ1) is 10.1. The number of hydrogen-bond donors (Lipinski definition) is 1. The molecule has 3 aromatic rings. The van der Waals surface area contributed by atoms with Gasteiger partial charge in [0.2, 0.25) is 0 Å². The minimum atomic E-state index is -0.409. The van der Waals surface area contributed by atoms with Gasteiger partial charge in [0, 0.05) is 35.6 Å². The lowest BCUT2D eigenvalue weighted by molar-refractivity contribution is -0.383. The zero-order chi connectivity index (χ0) is 14.8. The van der Waals surface area contributed by atoms with E-state index in [2.05, 4.69) is 15.5 Å². The smallest absolute Gasteiger partial charge is 0.278 e. The van der Waals surface area contributed by atoms with Crippen LogP contribution in [0, 0.1) is 17.0 Å². The molecule has 0 unspecified atom stereocenters. The first kappa shape index (κ1) is 13.0. The molecule has 0 amide bonds. The van der Waals surface area contributed by atoms with Gasteiger partial charge >= 0.3 is 0 Å². The van der Waals surface area contributed by atoms with Gasteiger partial charge in [0.05, 0.1) is 22.5 Å². The van der Waals surface area contributed by atoms with Gasteiger partial charge < -0.3 is 9.84 Å². The summed E-state index contributed by atoms with van der Waals surface area (Å²) in [4.78, 5) is 14.6. The summed E-state index contributed by atoms with van der Waals surface area (Å²) >= 11 is 0. The molecule has 1 N–H and O–H groups in total. The predicted octanol–water partition coefficient (Wildman–Crippen LogP) is 3.05. The van der Waals surface area contributed by atoms with Crippen LogP contribution >= 0.6 is 0 Å². The van der Waals surface area contributed by atoms with E-state index in [4.69, 9.17) is 4.52 Å². The molecule has 0 saturated heterocycles. The molecule has 1 aromatic carbocycles. The number of aryl methyl sites for hydroxylation is 1. The highest BCUT2D eigenvalue weighted by Gasteiger charge is 2.14. The Bertz CT molecular complexity index is 813. The Labute approximate surface area is 119 Å². The Morgan fingerprint density at radius 2 is 2.19 bits per heavy atom. The highest BCUT2D eigenvalue weighted by Crippen LogP contribution is 2.30. The molecule has 0 spiro atoms. The summed E-state index contributed by atoms with van der Waals surface area (Å²) in [6.07, 6.45) is 3.10. The second kappa shape index (κ2) is 5.20. The fourth-order valence-electron chi connectivity index (χ4n) is 2.17. The van der Waals surface area contributed by atoms with Gasteiger partial charge in [-0.25, -0.2) is 0 Å². The Morgan fingerprint density at radius 1 is 1.33 bits per heavy atom. The van der Waals surface area contributed by atoms with Crippen molar-refractivity contribution in [3.8, 4) is 0 Å². The first-order valence-electron chi connectivity index (χ1n) is 6.32. The highest BCUT2D eigenvalue weighted by molar-refractivity contribution is 5.99. The SMILES string of the molecule is Cc1cc(CNc2ccc([N+](=O)[O-])c3cnccc23)on1. The van der Waals surface area contributed by atoms with E-state index in [1.807, 2.05) is 13.0 Å². The summed E-state index contributed by atoms with van der Waals surface area (Å²) in [6, 6.07) is 6.74. The summed E-state index contributed by atoms with van der Waals surface area (Å²) in [5, 5.41) is 19.3. The van der Waals surface area contributed by atoms with Gasteiger partial charge in [0.1, 0.15) is 0 Å². The molecular weight excluding hydrogens is 272 g/mol. The predicted molar refractivity (Wildman–Crippen MR) is 77.0 cm³/mol. The van der Waals surface area contributed by atoms with Crippen LogP contribution in [-0.4, -0.2) is 15.1 Å². The van der Waals surface area contributed by atoms with Crippen LogP contribution in [0.5, 0.6) is 0 Å². The quantitative estimate of drug-likeness (QED) is 0.584. The largest absolute Gasteiger partial charge is 0.377 e. The van der Waals surface area contributed by atoms with Crippen LogP contribution in [0.4, 0.5) is 11.4 Å². The number of benzene rings is 1. The first-order valence-corrected chi connectivity index (χ1v) is 6.32. The zero-order valence-corrected chi connectivity index (χ0v) is 11.2. The summed E-state index contributed by atoms with van der Waals surface area (Å²) in [6.45, 7) is 2.30. The number of nitrogens with one attached hydrogen (secondary N) is 1. The molecule has 2 heterocycles. The molecule has 106 valence electrons. The summed E-state index contributed by atoms with van der Waals surface area (Å²) < 4.78 is 5.13. The maximum atomic E-state index is 11.0. The van der Waals surface area contributed by atoms with Crippen molar-refractivity contribution in [2.75, 3.05) is 5.32 Å². The lowest BCUT2D eigenvalue weighted by atomic mass is 10.1. The van der Waals surface area contributed by atoms with Crippen molar-refractivity contribution in [3.05, 3.63) is 58.2 Å². The Morgan fingerprint density at radius 3 is 2.90 bits per heavy atom. The van der Waals surface area contributed by atoms with Crippen LogP contribution in [0.15, 0.2) is 41.2 Å². The lowest BCUT2D eigenvalue weighted by Crippen LogP contribution is -2.00. The van der Waals surface area contributed by atoms with Crippen molar-refractivity contribution >= 4 is 22.1 Å². The molecule has 0 atom stereocenters. The number of nitro groups is 1. The van der Waals surface area contributed by atoms with Crippen molar-refractivity contribution in [1.29, 1.82) is 0 Å². The fraction of sp³-hybridized carbons (Fsp3) is 0.143. The minimum absolute atomic E-state index is 0.0409. The average molecular weight is 284 g/mol. The number of rotatable bonds is 4. The van der Waals surface area contributed by atoms with Gasteiger partial charge in [-0.05, 0) is 19.1 Å². The number of anilines is 1. The molecule has 0 aliphatic heterocycles. The van der Waals surface area contributed by atoms with E-state index in [9.17, 15) is 10.1 Å². The molecule has 0 radical (unpaired) electrons. The van der Waals surface area contributed by atoms with E-state index in [1.165, 1.54) is 12.3 Å². The van der Waals surface area contributed by atoms with Crippen LogP contribution < -0.4 is 5.32 Å². The maximum absolute atomic E-state index is 11.0. The van der Waals surface area contributed by atoms with E-state index in [0.29, 0.717) is 17.7 Å². The fourth-order valence-corrected chi connectivity index (χ4v) is 2.17. The van der Waals surface area contributed by atoms with Crippen molar-refractivity contribution in [2.45, 2.75) is 13.5 Å². The Kier molecular flexibility index (Phi) is 3.23. The molecule has 0 fully saturated rings. The van der Waals surface area contributed by atoms with Crippen molar-refractivity contribution in [1.82, 2.24) is 10.1 Å². The number of non-ortho nitro benzene ring substituents is 1. The van der Waals surface area contributed by atoms with Crippen LogP contribution in [0.2, 0.25) is 0 Å². The monoisotopic (exact) mass is 284 g/mol. The Hall–Kier alpha value is -2.96. The molecule has 0 aliphatic rings. The van der Waals surface area contributed by atoms with Crippen molar-refractivity contribution in [2.24, 2.45) is 0 Å². The van der Waals surface area contributed by atoms with Crippen LogP contribution in [0.1, 0.15) is 11.5 Å². The topological polar surface area (TPSA) is 94.1 Å². The van der Waals surface area contributed by atoms with E-state index in [1.54, 1.807) is 18.3 Å². The highest BCUT2D eigenvalue weighted by atomic mass is 16.6. The zero-order valence-electron chi connectivity index (χ0n) is 11.2. The number of aromatic nitrogens is 2. The number of fused-ring (bicyclic) bond motifs is 1. The van der Waals surface area contributed by atoms with Crippen LogP contribution in [-0.2, 0) is 6.54 Å². The summed E-state index contributed by atoms with van der Waals surface area (Å²) in [5.74, 6) is 0.702. The summed E-state index contributed by atoms with van der Waals surface area (Å²) in [5.41, 5.74) is 1.63. The molecule has 3 rings (SSSR count). The second-order valence-corrected chi connectivity index (χ2v) is 4.60. The van der Waals surface area contributed by atoms with Gasteiger partial charge in [-0.3, -0.25) is 15.1 Å². The molecule has 0 bridgehead atoms. The number of nitrogens with zero attached hydrogens (tertiary/aromatic N) is 3. The number of nitro benzene ring substituents is 1. The van der Waals surface area contributed by atoms with Gasteiger partial charge in [-0.1, -0.05) is 5.16 Å². The van der Waals surface area contributed by atoms with Crippen molar-refractivity contribution < 1.29 is 9.45 Å². The third-order valence-electron chi connectivity index (χ3n) is 3.12. The van der Waals surface area contributed by atoms with Gasteiger partial charge in [-0.2, -0.15) is 0 Å². The number of hydrogen-bond acceptors (Lipinski definition) is 6. The summed E-state index contributed by atoms with van der Waals surface area (Å²) in [7, 11) is 0. The third-order valence-corrected chi connectivity index (χ3v) is 3.12. The normalized spacial score (nSPS) is 10.7. The molecule has 0 aliphatic carbocycles. The molecule has 7 nitrogen and oxygen atoms in total.